The predicted molar refractivity (Wildman–Crippen MR) is 107 cm³/mol. The molecule has 0 saturated carbocycles. The molecule has 0 aliphatic carbocycles. The summed E-state index contributed by atoms with van der Waals surface area (Å²) in [7, 11) is 2.94. The normalized spacial score (nSPS) is 10.4. The standard InChI is InChI=1S/C21H19N3O4/c1-5-9-28-21-18(26-3)12-16(13-19(21)27-4)20(25)14(2)10-15-7-6-8-17(11-15)23-24-22/h1,6-8,10-13H,9H2,2-4H3/b14-10+. The van der Waals surface area contributed by atoms with Crippen molar-refractivity contribution >= 4 is 17.5 Å². The molecule has 0 atom stereocenters. The van der Waals surface area contributed by atoms with Gasteiger partial charge in [-0.2, -0.15) is 0 Å². The molecule has 142 valence electrons. The molecule has 0 saturated heterocycles. The summed E-state index contributed by atoms with van der Waals surface area (Å²) in [6.45, 7) is 1.74. The van der Waals surface area contributed by atoms with Crippen LogP contribution in [-0.4, -0.2) is 26.6 Å². The summed E-state index contributed by atoms with van der Waals surface area (Å²) in [4.78, 5) is 15.6. The summed E-state index contributed by atoms with van der Waals surface area (Å²) in [5.74, 6) is 3.19. The van der Waals surface area contributed by atoms with Gasteiger partial charge in [0.25, 0.3) is 0 Å². The lowest BCUT2D eigenvalue weighted by molar-refractivity contribution is 0.103. The molecule has 7 nitrogen and oxygen atoms in total. The summed E-state index contributed by atoms with van der Waals surface area (Å²) < 4.78 is 16.1. The van der Waals surface area contributed by atoms with E-state index in [4.69, 9.17) is 26.2 Å². The molecule has 0 radical (unpaired) electrons. The fourth-order valence-corrected chi connectivity index (χ4v) is 2.54. The molecule has 2 rings (SSSR count). The zero-order valence-electron chi connectivity index (χ0n) is 15.8. The molecular weight excluding hydrogens is 358 g/mol. The van der Waals surface area contributed by atoms with E-state index in [1.54, 1.807) is 43.3 Å². The number of rotatable bonds is 8. The number of nitrogens with zero attached hydrogens (tertiary/aromatic N) is 3. The van der Waals surface area contributed by atoms with Crippen LogP contribution in [0.5, 0.6) is 17.2 Å². The second-order valence-electron chi connectivity index (χ2n) is 5.64. The molecule has 2 aromatic carbocycles. The van der Waals surface area contributed by atoms with Crippen molar-refractivity contribution in [1.29, 1.82) is 0 Å². The van der Waals surface area contributed by atoms with Crippen molar-refractivity contribution in [3.63, 3.8) is 0 Å². The number of methoxy groups -OCH3 is 2. The van der Waals surface area contributed by atoms with Crippen molar-refractivity contribution in [2.45, 2.75) is 6.92 Å². The quantitative estimate of drug-likeness (QED) is 0.163. The molecule has 28 heavy (non-hydrogen) atoms. The monoisotopic (exact) mass is 377 g/mol. The number of ether oxygens (including phenoxy) is 3. The summed E-state index contributed by atoms with van der Waals surface area (Å²) >= 11 is 0. The van der Waals surface area contributed by atoms with E-state index in [0.29, 0.717) is 34.1 Å². The Bertz CT molecular complexity index is 974. The minimum Gasteiger partial charge on any atom is -0.493 e. The van der Waals surface area contributed by atoms with Gasteiger partial charge in [0, 0.05) is 16.2 Å². The van der Waals surface area contributed by atoms with Gasteiger partial charge in [-0.25, -0.2) is 0 Å². The van der Waals surface area contributed by atoms with Gasteiger partial charge in [-0.3, -0.25) is 4.79 Å². The Morgan fingerprint density at radius 2 is 1.93 bits per heavy atom. The number of carbonyl (C=O) groups is 1. The van der Waals surface area contributed by atoms with Gasteiger partial charge in [-0.05, 0) is 47.9 Å². The molecule has 0 aliphatic heterocycles. The first-order chi connectivity index (χ1) is 13.5. The predicted octanol–water partition coefficient (Wildman–Crippen LogP) is 4.94. The van der Waals surface area contributed by atoms with Gasteiger partial charge in [-0.1, -0.05) is 29.2 Å². The molecule has 0 heterocycles. The lowest BCUT2D eigenvalue weighted by atomic mass is 10.0. The van der Waals surface area contributed by atoms with E-state index in [1.807, 2.05) is 6.07 Å². The van der Waals surface area contributed by atoms with Gasteiger partial charge >= 0.3 is 0 Å². The van der Waals surface area contributed by atoms with Gasteiger partial charge in [0.2, 0.25) is 5.75 Å². The van der Waals surface area contributed by atoms with Crippen LogP contribution < -0.4 is 14.2 Å². The maximum atomic E-state index is 12.9. The first kappa shape index (κ1) is 20.4. The number of terminal acetylenes is 1. The lowest BCUT2D eigenvalue weighted by Crippen LogP contribution is -2.05. The SMILES string of the molecule is C#CCOc1c(OC)cc(C(=O)/C(C)=C/c2cccc(N=[N+]=[N-])c2)cc1OC. The van der Waals surface area contributed by atoms with Crippen molar-refractivity contribution in [3.8, 4) is 29.6 Å². The van der Waals surface area contributed by atoms with E-state index >= 15 is 0 Å². The number of benzene rings is 2. The molecule has 7 heteroatoms. The smallest absolute Gasteiger partial charge is 0.204 e. The molecule has 0 bridgehead atoms. The van der Waals surface area contributed by atoms with E-state index in [2.05, 4.69) is 15.9 Å². The first-order valence-electron chi connectivity index (χ1n) is 8.24. The Hall–Kier alpha value is -3.88. The van der Waals surface area contributed by atoms with E-state index < -0.39 is 0 Å². The summed E-state index contributed by atoms with van der Waals surface area (Å²) in [5, 5.41) is 3.56. The minimum absolute atomic E-state index is 0.0421. The van der Waals surface area contributed by atoms with Crippen molar-refractivity contribution in [2.75, 3.05) is 20.8 Å². The fraction of sp³-hybridized carbons (Fsp3) is 0.190. The minimum atomic E-state index is -0.214. The largest absolute Gasteiger partial charge is 0.493 e. The summed E-state index contributed by atoms with van der Waals surface area (Å²) in [6, 6.07) is 10.1. The Morgan fingerprint density at radius 3 is 2.50 bits per heavy atom. The van der Waals surface area contributed by atoms with Crippen LogP contribution in [0.25, 0.3) is 16.5 Å². The number of hydrogen-bond donors (Lipinski definition) is 0. The second-order valence-corrected chi connectivity index (χ2v) is 5.64. The third-order valence-electron chi connectivity index (χ3n) is 3.79. The third-order valence-corrected chi connectivity index (χ3v) is 3.79. The van der Waals surface area contributed by atoms with Crippen molar-refractivity contribution in [1.82, 2.24) is 0 Å². The van der Waals surface area contributed by atoms with E-state index in [1.165, 1.54) is 14.2 Å². The van der Waals surface area contributed by atoms with E-state index in [9.17, 15) is 4.79 Å². The Balaban J connectivity index is 2.41. The van der Waals surface area contributed by atoms with Crippen LogP contribution in [-0.2, 0) is 0 Å². The maximum Gasteiger partial charge on any atom is 0.204 e. The molecule has 0 amide bonds. The number of allylic oxidation sites excluding steroid dienone is 1. The first-order valence-corrected chi connectivity index (χ1v) is 8.24. The number of carbonyl (C=O) groups excluding carboxylic acids is 1. The number of Topliss-reactive ketones (excluding diaryl/α,β-unsaturated/α-hetero) is 1. The van der Waals surface area contributed by atoms with Gasteiger partial charge in [0.15, 0.2) is 17.3 Å². The molecule has 0 aliphatic rings. The molecule has 2 aromatic rings. The van der Waals surface area contributed by atoms with Gasteiger partial charge < -0.3 is 14.2 Å². The van der Waals surface area contributed by atoms with Gasteiger partial charge in [-0.15, -0.1) is 6.42 Å². The topological polar surface area (TPSA) is 93.5 Å². The van der Waals surface area contributed by atoms with E-state index in [0.717, 1.165) is 5.56 Å². The number of hydrogen-bond acceptors (Lipinski definition) is 5. The molecule has 0 unspecified atom stereocenters. The Labute approximate surface area is 163 Å². The fourth-order valence-electron chi connectivity index (χ4n) is 2.54. The van der Waals surface area contributed by atoms with Crippen LogP contribution >= 0.6 is 0 Å². The van der Waals surface area contributed by atoms with Crippen molar-refractivity contribution < 1.29 is 19.0 Å². The average molecular weight is 377 g/mol. The van der Waals surface area contributed by atoms with Crippen LogP contribution in [0, 0.1) is 12.3 Å². The van der Waals surface area contributed by atoms with Gasteiger partial charge in [0.05, 0.1) is 14.2 Å². The number of ketones is 1. The Morgan fingerprint density at radius 1 is 1.25 bits per heavy atom. The molecule has 0 aromatic heterocycles. The highest BCUT2D eigenvalue weighted by atomic mass is 16.5. The van der Waals surface area contributed by atoms with Gasteiger partial charge in [0.1, 0.15) is 6.61 Å². The van der Waals surface area contributed by atoms with Crippen LogP contribution in [0.15, 0.2) is 47.1 Å². The zero-order valence-corrected chi connectivity index (χ0v) is 15.8. The van der Waals surface area contributed by atoms with E-state index in [-0.39, 0.29) is 12.4 Å². The van der Waals surface area contributed by atoms with Crippen LogP contribution in [0.1, 0.15) is 22.8 Å². The van der Waals surface area contributed by atoms with Crippen LogP contribution in [0.3, 0.4) is 0 Å². The van der Waals surface area contributed by atoms with Crippen LogP contribution in [0.4, 0.5) is 5.69 Å². The molecule has 0 fully saturated rings. The highest BCUT2D eigenvalue weighted by Gasteiger charge is 2.18. The molecule has 0 N–H and O–H groups in total. The highest BCUT2D eigenvalue weighted by Crippen LogP contribution is 2.39. The third kappa shape index (κ3) is 4.85. The van der Waals surface area contributed by atoms with Crippen LogP contribution in [0.2, 0.25) is 0 Å². The van der Waals surface area contributed by atoms with Crippen molar-refractivity contribution in [3.05, 3.63) is 63.5 Å². The van der Waals surface area contributed by atoms with Crippen molar-refractivity contribution in [2.24, 2.45) is 5.11 Å². The second kappa shape index (κ2) is 9.72. The summed E-state index contributed by atoms with van der Waals surface area (Å²) in [5.41, 5.74) is 10.6. The zero-order chi connectivity index (χ0) is 20.5. The lowest BCUT2D eigenvalue weighted by Gasteiger charge is -2.15. The Kier molecular flexibility index (Phi) is 7.09. The maximum absolute atomic E-state index is 12.9. The average Bonchev–Trinajstić information content (AvgIpc) is 2.71. The number of azide groups is 1. The highest BCUT2D eigenvalue weighted by molar-refractivity contribution is 6.11. The molecule has 0 spiro atoms. The summed E-state index contributed by atoms with van der Waals surface area (Å²) in [6.07, 6.45) is 6.94. The molecular formula is C21H19N3O4.